The topological polar surface area (TPSA) is 35.2 Å². The minimum atomic E-state index is 0.0719. The maximum Gasteiger partial charge on any atom is 0.0931 e. The number of halogens is 1. The Balaban J connectivity index is 2.51. The van der Waals surface area contributed by atoms with E-state index in [4.69, 9.17) is 22.1 Å². The first-order valence-corrected chi connectivity index (χ1v) is 5.84. The van der Waals surface area contributed by atoms with Crippen LogP contribution in [0.4, 0.5) is 0 Å². The number of nitrogens with two attached hydrogens (primary N) is 1. The zero-order valence-corrected chi connectivity index (χ0v) is 10.1. The Morgan fingerprint density at radius 3 is 2.79 bits per heavy atom. The average molecular weight is 234 g/mol. The summed E-state index contributed by atoms with van der Waals surface area (Å²) in [6.45, 7) is 2.89. The highest BCUT2D eigenvalue weighted by atomic mass is 35.5. The van der Waals surface area contributed by atoms with Gasteiger partial charge in [-0.15, -0.1) is 11.3 Å². The zero-order chi connectivity index (χ0) is 10.6. The molecule has 0 aliphatic rings. The van der Waals surface area contributed by atoms with Gasteiger partial charge < -0.3 is 10.5 Å². The number of thiophene rings is 1. The van der Waals surface area contributed by atoms with Gasteiger partial charge in [0.25, 0.3) is 0 Å². The van der Waals surface area contributed by atoms with Crippen LogP contribution >= 0.6 is 22.9 Å². The molecule has 0 fully saturated rings. The Labute approximate surface area is 94.0 Å². The van der Waals surface area contributed by atoms with Crippen LogP contribution < -0.4 is 5.73 Å². The van der Waals surface area contributed by atoms with Crippen LogP contribution in [0.2, 0.25) is 4.34 Å². The lowest BCUT2D eigenvalue weighted by atomic mass is 9.98. The normalized spacial score (nSPS) is 15.4. The van der Waals surface area contributed by atoms with E-state index in [0.717, 1.165) is 22.2 Å². The van der Waals surface area contributed by atoms with Crippen molar-refractivity contribution in [3.8, 4) is 0 Å². The fourth-order valence-corrected chi connectivity index (χ4v) is 2.47. The predicted molar refractivity (Wildman–Crippen MR) is 61.9 cm³/mol. The Hall–Kier alpha value is -0.0900. The first kappa shape index (κ1) is 12.0. The number of rotatable bonds is 5. The molecule has 0 saturated heterocycles. The third-order valence-corrected chi connectivity index (χ3v) is 3.65. The standard InChI is InChI=1S/C10H16ClNOS/c1-7(5-6-13-2)10(12)8-3-4-9(11)14-8/h3-4,7,10H,5-6,12H2,1-2H3. The summed E-state index contributed by atoms with van der Waals surface area (Å²) in [5.41, 5.74) is 6.09. The van der Waals surface area contributed by atoms with Gasteiger partial charge in [-0.1, -0.05) is 18.5 Å². The fourth-order valence-electron chi connectivity index (χ4n) is 1.27. The molecule has 2 atom stereocenters. The van der Waals surface area contributed by atoms with Crippen molar-refractivity contribution < 1.29 is 4.74 Å². The molecule has 2 unspecified atom stereocenters. The van der Waals surface area contributed by atoms with E-state index in [2.05, 4.69) is 6.92 Å². The lowest BCUT2D eigenvalue weighted by Gasteiger charge is -2.17. The molecule has 4 heteroatoms. The van der Waals surface area contributed by atoms with Crippen LogP contribution in [0.15, 0.2) is 12.1 Å². The van der Waals surface area contributed by atoms with Crippen LogP contribution in [-0.4, -0.2) is 13.7 Å². The highest BCUT2D eigenvalue weighted by Gasteiger charge is 2.16. The van der Waals surface area contributed by atoms with E-state index in [1.54, 1.807) is 18.4 Å². The van der Waals surface area contributed by atoms with Crippen molar-refractivity contribution in [1.82, 2.24) is 0 Å². The third kappa shape index (κ3) is 3.24. The predicted octanol–water partition coefficient (Wildman–Crippen LogP) is 3.07. The van der Waals surface area contributed by atoms with E-state index < -0.39 is 0 Å². The summed E-state index contributed by atoms with van der Waals surface area (Å²) in [7, 11) is 1.71. The molecule has 1 rings (SSSR count). The molecule has 1 aromatic rings. The van der Waals surface area contributed by atoms with Crippen molar-refractivity contribution in [2.45, 2.75) is 19.4 Å². The van der Waals surface area contributed by atoms with Gasteiger partial charge in [0.15, 0.2) is 0 Å². The van der Waals surface area contributed by atoms with E-state index in [9.17, 15) is 0 Å². The fraction of sp³-hybridized carbons (Fsp3) is 0.600. The van der Waals surface area contributed by atoms with Crippen LogP contribution in [0, 0.1) is 5.92 Å². The molecule has 0 aliphatic heterocycles. The van der Waals surface area contributed by atoms with Crippen molar-refractivity contribution in [3.63, 3.8) is 0 Å². The number of hydrogen-bond donors (Lipinski definition) is 1. The largest absolute Gasteiger partial charge is 0.385 e. The lowest BCUT2D eigenvalue weighted by Crippen LogP contribution is -2.19. The Kier molecular flexibility index (Phi) is 4.89. The van der Waals surface area contributed by atoms with Crippen molar-refractivity contribution in [2.75, 3.05) is 13.7 Å². The first-order valence-electron chi connectivity index (χ1n) is 4.65. The molecule has 0 bridgehead atoms. The van der Waals surface area contributed by atoms with Crippen LogP contribution in [0.25, 0.3) is 0 Å². The molecule has 14 heavy (non-hydrogen) atoms. The van der Waals surface area contributed by atoms with Gasteiger partial charge in [0.2, 0.25) is 0 Å². The average Bonchev–Trinajstić information content (AvgIpc) is 2.60. The second-order valence-corrected chi connectivity index (χ2v) is 5.17. The van der Waals surface area contributed by atoms with Gasteiger partial charge in [-0.05, 0) is 24.5 Å². The molecule has 80 valence electrons. The maximum absolute atomic E-state index is 6.09. The quantitative estimate of drug-likeness (QED) is 0.849. The minimum absolute atomic E-state index is 0.0719. The molecule has 1 aromatic heterocycles. The van der Waals surface area contributed by atoms with Gasteiger partial charge >= 0.3 is 0 Å². The van der Waals surface area contributed by atoms with E-state index >= 15 is 0 Å². The molecule has 2 nitrogen and oxygen atoms in total. The van der Waals surface area contributed by atoms with Crippen molar-refractivity contribution in [1.29, 1.82) is 0 Å². The van der Waals surface area contributed by atoms with E-state index in [-0.39, 0.29) is 6.04 Å². The molecule has 1 heterocycles. The summed E-state index contributed by atoms with van der Waals surface area (Å²) in [4.78, 5) is 1.15. The Morgan fingerprint density at radius 1 is 1.57 bits per heavy atom. The Bertz CT molecular complexity index is 277. The number of methoxy groups -OCH3 is 1. The zero-order valence-electron chi connectivity index (χ0n) is 8.50. The van der Waals surface area contributed by atoms with E-state index in [1.807, 2.05) is 12.1 Å². The van der Waals surface area contributed by atoms with E-state index in [0.29, 0.717) is 5.92 Å². The van der Waals surface area contributed by atoms with Gasteiger partial charge in [-0.2, -0.15) is 0 Å². The molecule has 0 amide bonds. The lowest BCUT2D eigenvalue weighted by molar-refractivity contribution is 0.175. The molecule has 0 aromatic carbocycles. The van der Waals surface area contributed by atoms with E-state index in [1.165, 1.54) is 0 Å². The summed E-state index contributed by atoms with van der Waals surface area (Å²) < 4.78 is 5.83. The van der Waals surface area contributed by atoms with Crippen LogP contribution in [0.3, 0.4) is 0 Å². The van der Waals surface area contributed by atoms with Crippen LogP contribution in [-0.2, 0) is 4.74 Å². The van der Waals surface area contributed by atoms with Gasteiger partial charge in [-0.3, -0.25) is 0 Å². The molecule has 2 N–H and O–H groups in total. The van der Waals surface area contributed by atoms with Gasteiger partial charge in [0.05, 0.1) is 4.34 Å². The highest BCUT2D eigenvalue weighted by Crippen LogP contribution is 2.30. The number of hydrogen-bond acceptors (Lipinski definition) is 3. The first-order chi connectivity index (χ1) is 6.65. The monoisotopic (exact) mass is 233 g/mol. The Morgan fingerprint density at radius 2 is 2.29 bits per heavy atom. The maximum atomic E-state index is 6.09. The SMILES string of the molecule is COCCC(C)C(N)c1ccc(Cl)s1. The van der Waals surface area contributed by atoms with Crippen molar-refractivity contribution >= 4 is 22.9 Å². The number of ether oxygens (including phenoxy) is 1. The second kappa shape index (κ2) is 5.71. The molecule has 0 saturated carbocycles. The summed E-state index contributed by atoms with van der Waals surface area (Å²) >= 11 is 7.41. The minimum Gasteiger partial charge on any atom is -0.385 e. The summed E-state index contributed by atoms with van der Waals surface area (Å²) in [5, 5.41) is 0. The summed E-state index contributed by atoms with van der Waals surface area (Å²) in [6, 6.07) is 3.97. The second-order valence-electron chi connectivity index (χ2n) is 3.43. The summed E-state index contributed by atoms with van der Waals surface area (Å²) in [5.74, 6) is 0.421. The van der Waals surface area contributed by atoms with Gasteiger partial charge in [0, 0.05) is 24.6 Å². The van der Waals surface area contributed by atoms with Crippen molar-refractivity contribution in [2.24, 2.45) is 11.7 Å². The molecular formula is C10H16ClNOS. The van der Waals surface area contributed by atoms with Gasteiger partial charge in [-0.25, -0.2) is 0 Å². The van der Waals surface area contributed by atoms with Crippen molar-refractivity contribution in [3.05, 3.63) is 21.3 Å². The smallest absolute Gasteiger partial charge is 0.0931 e. The molecule has 0 radical (unpaired) electrons. The third-order valence-electron chi connectivity index (χ3n) is 2.31. The molecular weight excluding hydrogens is 218 g/mol. The molecule has 0 aliphatic carbocycles. The summed E-state index contributed by atoms with van der Waals surface area (Å²) in [6.07, 6.45) is 0.979. The van der Waals surface area contributed by atoms with Crippen LogP contribution in [0.1, 0.15) is 24.3 Å². The van der Waals surface area contributed by atoms with Gasteiger partial charge in [0.1, 0.15) is 0 Å². The highest BCUT2D eigenvalue weighted by molar-refractivity contribution is 7.16. The van der Waals surface area contributed by atoms with Crippen LogP contribution in [0.5, 0.6) is 0 Å². The molecule has 0 spiro atoms.